The van der Waals surface area contributed by atoms with E-state index in [1.54, 1.807) is 40.1 Å². The molecule has 0 aliphatic rings. The third-order valence-electron chi connectivity index (χ3n) is 10.8. The molecule has 0 saturated heterocycles. The lowest BCUT2D eigenvalue weighted by molar-refractivity contribution is -0.145. The SMILES string of the molecule is CCCO[C@H](C[C@H](C(C)C)N(CCC)C(=O)[C@@H](NC(=O)[C@H](CC(C)C)N(C)C(=O)OC(C)(C)C)[C@@H](C)CC)c1nc(C(=O)N[C@@H](Cc2ccccc2)C[C@H](C)C(=O)OC)cs1. The quantitative estimate of drug-likeness (QED) is 0.0933. The van der Waals surface area contributed by atoms with Gasteiger partial charge in [-0.05, 0) is 76.2 Å². The molecule has 0 aliphatic heterocycles. The summed E-state index contributed by atoms with van der Waals surface area (Å²) in [5, 5.41) is 8.58. The summed E-state index contributed by atoms with van der Waals surface area (Å²) in [6.07, 6.45) is 2.70. The molecular formula is C47H77N5O8S. The van der Waals surface area contributed by atoms with Crippen molar-refractivity contribution in [2.75, 3.05) is 27.3 Å². The molecule has 13 nitrogen and oxygen atoms in total. The van der Waals surface area contributed by atoms with Crippen LogP contribution < -0.4 is 10.6 Å². The third-order valence-corrected chi connectivity index (χ3v) is 11.7. The number of hydrogen-bond donors (Lipinski definition) is 2. The minimum atomic E-state index is -0.845. The van der Waals surface area contributed by atoms with E-state index >= 15 is 0 Å². The summed E-state index contributed by atoms with van der Waals surface area (Å²) in [7, 11) is 2.93. The van der Waals surface area contributed by atoms with Gasteiger partial charge in [-0.15, -0.1) is 11.3 Å². The molecule has 0 unspecified atom stereocenters. The lowest BCUT2D eigenvalue weighted by Crippen LogP contribution is -2.59. The monoisotopic (exact) mass is 872 g/mol. The van der Waals surface area contributed by atoms with E-state index in [1.165, 1.54) is 23.3 Å². The topological polar surface area (TPSA) is 156 Å². The van der Waals surface area contributed by atoms with Crippen molar-refractivity contribution >= 4 is 41.1 Å². The van der Waals surface area contributed by atoms with Gasteiger partial charge in [0, 0.05) is 44.1 Å². The van der Waals surface area contributed by atoms with E-state index in [0.717, 1.165) is 12.0 Å². The van der Waals surface area contributed by atoms with Crippen LogP contribution in [0.3, 0.4) is 0 Å². The molecule has 7 atom stereocenters. The van der Waals surface area contributed by atoms with E-state index in [1.807, 2.05) is 76.8 Å². The molecular weight excluding hydrogens is 795 g/mol. The molecule has 0 bridgehead atoms. The number of amides is 4. The number of thiazole rings is 1. The number of esters is 1. The van der Waals surface area contributed by atoms with Crippen LogP contribution in [0.1, 0.15) is 149 Å². The molecule has 1 heterocycles. The molecule has 0 spiro atoms. The molecule has 14 heteroatoms. The maximum Gasteiger partial charge on any atom is 0.410 e. The Morgan fingerprint density at radius 3 is 2.08 bits per heavy atom. The molecule has 2 N–H and O–H groups in total. The number of aromatic nitrogens is 1. The van der Waals surface area contributed by atoms with Crippen molar-refractivity contribution in [3.05, 3.63) is 52.0 Å². The first kappa shape index (κ1) is 53.1. The highest BCUT2D eigenvalue weighted by atomic mass is 32.1. The molecule has 2 rings (SSSR count). The van der Waals surface area contributed by atoms with Crippen LogP contribution in [0.25, 0.3) is 0 Å². The minimum Gasteiger partial charge on any atom is -0.469 e. The van der Waals surface area contributed by atoms with Gasteiger partial charge in [0.2, 0.25) is 11.8 Å². The van der Waals surface area contributed by atoms with E-state index < -0.39 is 41.7 Å². The molecule has 1 aromatic carbocycles. The first-order chi connectivity index (χ1) is 28.7. The van der Waals surface area contributed by atoms with Crippen LogP contribution >= 0.6 is 11.3 Å². The van der Waals surface area contributed by atoms with Crippen molar-refractivity contribution in [1.82, 2.24) is 25.4 Å². The van der Waals surface area contributed by atoms with Gasteiger partial charge >= 0.3 is 12.1 Å². The van der Waals surface area contributed by atoms with Gasteiger partial charge in [0.1, 0.15) is 34.5 Å². The van der Waals surface area contributed by atoms with Gasteiger partial charge in [-0.2, -0.15) is 0 Å². The van der Waals surface area contributed by atoms with E-state index in [-0.39, 0.29) is 53.3 Å². The van der Waals surface area contributed by atoms with Gasteiger partial charge in [0.05, 0.1) is 13.0 Å². The summed E-state index contributed by atoms with van der Waals surface area (Å²) in [6, 6.07) is 7.46. The minimum absolute atomic E-state index is 0.00165. The van der Waals surface area contributed by atoms with Crippen molar-refractivity contribution in [3.8, 4) is 0 Å². The Labute approximate surface area is 370 Å². The largest absolute Gasteiger partial charge is 0.469 e. The number of nitrogens with zero attached hydrogens (tertiary/aromatic N) is 3. The number of nitrogens with one attached hydrogen (secondary N) is 2. The Bertz CT molecular complexity index is 1660. The van der Waals surface area contributed by atoms with Crippen molar-refractivity contribution in [2.24, 2.45) is 23.7 Å². The number of hydrogen-bond acceptors (Lipinski definition) is 10. The molecule has 1 aromatic heterocycles. The lowest BCUT2D eigenvalue weighted by atomic mass is 9.92. The number of carbonyl (C=O) groups is 5. The first-order valence-electron chi connectivity index (χ1n) is 22.2. The second-order valence-corrected chi connectivity index (χ2v) is 19.0. The highest BCUT2D eigenvalue weighted by Gasteiger charge is 2.39. The van der Waals surface area contributed by atoms with Gasteiger partial charge in [-0.3, -0.25) is 24.1 Å². The standard InChI is InChI=1S/C47H77N5O8S/c1-15-23-52(44(55)40(32(8)17-3)50-42(54)38(25-30(4)5)51(13)46(57)60-47(10,11)12)37(31(6)7)28-39(59-24-16-2)43-49-36(29-61-43)41(53)48-35(26-33(9)45(56)58-14)27-34-21-19-18-20-22-34/h18-22,29-33,35,37-40H,15-17,23-28H2,1-14H3,(H,48,53)(H,50,54)/t32-,33-,35+,37+,38-,39+,40-/m0/s1. The molecule has 0 fully saturated rings. The van der Waals surface area contributed by atoms with E-state index in [4.69, 9.17) is 19.2 Å². The van der Waals surface area contributed by atoms with Crippen LogP contribution in [-0.4, -0.2) is 102 Å². The molecule has 0 radical (unpaired) electrons. The average Bonchev–Trinajstić information content (AvgIpc) is 3.70. The molecule has 4 amide bonds. The van der Waals surface area contributed by atoms with Crippen LogP contribution in [0, 0.1) is 23.7 Å². The van der Waals surface area contributed by atoms with Gasteiger partial charge in [-0.25, -0.2) is 9.78 Å². The maximum atomic E-state index is 14.9. The van der Waals surface area contributed by atoms with Crippen molar-refractivity contribution in [3.63, 3.8) is 0 Å². The third kappa shape index (κ3) is 17.3. The summed E-state index contributed by atoms with van der Waals surface area (Å²) in [5.41, 5.74) is 0.541. The fraction of sp³-hybridized carbons (Fsp3) is 0.702. The number of rotatable bonds is 25. The maximum absolute atomic E-state index is 14.9. The summed E-state index contributed by atoms with van der Waals surface area (Å²) >= 11 is 1.34. The molecule has 0 saturated carbocycles. The number of likely N-dealkylation sites (N-methyl/N-ethyl adjacent to an activating group) is 1. The summed E-state index contributed by atoms with van der Waals surface area (Å²) < 4.78 is 17.1. The van der Waals surface area contributed by atoms with Gasteiger partial charge in [0.15, 0.2) is 0 Å². The predicted molar refractivity (Wildman–Crippen MR) is 242 cm³/mol. The zero-order valence-electron chi connectivity index (χ0n) is 39.5. The van der Waals surface area contributed by atoms with E-state index in [9.17, 15) is 24.0 Å². The Hall–Kier alpha value is -4.04. The van der Waals surface area contributed by atoms with Crippen LogP contribution in [-0.2, 0) is 35.0 Å². The number of ether oxygens (including phenoxy) is 3. The summed E-state index contributed by atoms with van der Waals surface area (Å²) in [4.78, 5) is 76.5. The van der Waals surface area contributed by atoms with Crippen LogP contribution in [0.2, 0.25) is 0 Å². The fourth-order valence-electron chi connectivity index (χ4n) is 7.23. The number of methoxy groups -OCH3 is 1. The Morgan fingerprint density at radius 2 is 1.54 bits per heavy atom. The second-order valence-electron chi connectivity index (χ2n) is 18.1. The first-order valence-corrected chi connectivity index (χ1v) is 23.1. The fourth-order valence-corrected chi connectivity index (χ4v) is 8.09. The lowest BCUT2D eigenvalue weighted by Gasteiger charge is -2.40. The smallest absolute Gasteiger partial charge is 0.410 e. The van der Waals surface area contributed by atoms with Gasteiger partial charge in [0.25, 0.3) is 5.91 Å². The van der Waals surface area contributed by atoms with Crippen LogP contribution in [0.4, 0.5) is 4.79 Å². The van der Waals surface area contributed by atoms with Gasteiger partial charge < -0.3 is 29.7 Å². The molecule has 344 valence electrons. The highest BCUT2D eigenvalue weighted by Crippen LogP contribution is 2.32. The highest BCUT2D eigenvalue weighted by molar-refractivity contribution is 7.09. The van der Waals surface area contributed by atoms with E-state index in [2.05, 4.69) is 24.5 Å². The summed E-state index contributed by atoms with van der Waals surface area (Å²) in [5.74, 6) is -1.82. The predicted octanol–water partition coefficient (Wildman–Crippen LogP) is 8.62. The Morgan fingerprint density at radius 1 is 0.885 bits per heavy atom. The van der Waals surface area contributed by atoms with Crippen molar-refractivity contribution in [1.29, 1.82) is 0 Å². The van der Waals surface area contributed by atoms with E-state index in [0.29, 0.717) is 56.7 Å². The normalized spacial score (nSPS) is 15.2. The van der Waals surface area contributed by atoms with Crippen molar-refractivity contribution < 1.29 is 38.2 Å². The Balaban J connectivity index is 2.46. The number of carbonyl (C=O) groups excluding carboxylic acids is 5. The zero-order chi connectivity index (χ0) is 46.0. The van der Waals surface area contributed by atoms with Crippen molar-refractivity contribution in [2.45, 2.75) is 164 Å². The molecule has 61 heavy (non-hydrogen) atoms. The number of benzene rings is 1. The average molecular weight is 872 g/mol. The Kier molecular flexibility index (Phi) is 22.4. The zero-order valence-corrected chi connectivity index (χ0v) is 40.4. The summed E-state index contributed by atoms with van der Waals surface area (Å²) in [6.45, 7) is 24.2. The van der Waals surface area contributed by atoms with Crippen LogP contribution in [0.5, 0.6) is 0 Å². The molecule has 0 aliphatic carbocycles. The van der Waals surface area contributed by atoms with Gasteiger partial charge in [-0.1, -0.05) is 99.1 Å². The van der Waals surface area contributed by atoms with Crippen LogP contribution in [0.15, 0.2) is 35.7 Å². The second kappa shape index (κ2) is 25.8. The molecule has 2 aromatic rings.